The van der Waals surface area contributed by atoms with Crippen LogP contribution in [0.4, 0.5) is 0 Å². The van der Waals surface area contributed by atoms with Gasteiger partial charge in [-0.3, -0.25) is 4.79 Å². The van der Waals surface area contributed by atoms with E-state index >= 15 is 0 Å². The Balaban J connectivity index is 1.81. The summed E-state index contributed by atoms with van der Waals surface area (Å²) >= 11 is 0. The number of aryl methyl sites for hydroxylation is 1. The number of amides is 1. The van der Waals surface area contributed by atoms with Gasteiger partial charge in [-0.25, -0.2) is 0 Å². The number of methoxy groups -OCH3 is 1. The van der Waals surface area contributed by atoms with Crippen molar-refractivity contribution in [2.45, 2.75) is 32.3 Å². The van der Waals surface area contributed by atoms with E-state index in [2.05, 4.69) is 17.4 Å². The third-order valence-electron chi connectivity index (χ3n) is 3.79. The number of nitrogens with one attached hydrogen (secondary N) is 1. The minimum absolute atomic E-state index is 0.0866. The molecule has 24 heavy (non-hydrogen) atoms. The molecule has 0 radical (unpaired) electrons. The van der Waals surface area contributed by atoms with Crippen molar-refractivity contribution in [1.82, 2.24) is 5.32 Å². The number of para-hydroxylation sites is 2. The Hall–Kier alpha value is -2.49. The molecule has 0 aliphatic heterocycles. The average Bonchev–Trinajstić information content (AvgIpc) is 2.64. The van der Waals surface area contributed by atoms with Crippen molar-refractivity contribution >= 4 is 5.91 Å². The summed E-state index contributed by atoms with van der Waals surface area (Å²) in [4.78, 5) is 12.3. The van der Waals surface area contributed by atoms with Crippen molar-refractivity contribution in [2.24, 2.45) is 0 Å². The lowest BCUT2D eigenvalue weighted by Gasteiger charge is -2.18. The molecular weight excluding hydrogens is 302 g/mol. The number of carbonyl (C=O) groups is 1. The second-order valence-corrected chi connectivity index (χ2v) is 5.55. The molecule has 0 heterocycles. The van der Waals surface area contributed by atoms with Gasteiger partial charge in [0.15, 0.2) is 17.6 Å². The minimum Gasteiger partial charge on any atom is -0.493 e. The van der Waals surface area contributed by atoms with Crippen LogP contribution >= 0.6 is 0 Å². The average molecular weight is 327 g/mol. The third-order valence-corrected chi connectivity index (χ3v) is 3.79. The molecule has 0 spiro atoms. The Morgan fingerprint density at radius 2 is 1.71 bits per heavy atom. The Bertz CT molecular complexity index is 628. The highest BCUT2D eigenvalue weighted by Gasteiger charge is 2.19. The highest BCUT2D eigenvalue weighted by Crippen LogP contribution is 2.27. The molecule has 0 saturated heterocycles. The van der Waals surface area contributed by atoms with Crippen LogP contribution in [0.5, 0.6) is 11.5 Å². The van der Waals surface area contributed by atoms with Crippen LogP contribution in [0.1, 0.15) is 25.3 Å². The predicted octanol–water partition coefficient (Wildman–Crippen LogP) is 3.60. The number of ether oxygens (including phenoxy) is 2. The lowest BCUT2D eigenvalue weighted by Crippen LogP contribution is -2.38. The van der Waals surface area contributed by atoms with Crippen molar-refractivity contribution in [3.8, 4) is 11.5 Å². The normalized spacial score (nSPS) is 11.6. The fourth-order valence-corrected chi connectivity index (χ4v) is 2.45. The summed E-state index contributed by atoms with van der Waals surface area (Å²) in [6.45, 7) is 2.57. The number of hydrogen-bond donors (Lipinski definition) is 1. The first-order chi connectivity index (χ1) is 11.7. The van der Waals surface area contributed by atoms with Crippen molar-refractivity contribution in [3.63, 3.8) is 0 Å². The van der Waals surface area contributed by atoms with Gasteiger partial charge < -0.3 is 14.8 Å². The molecule has 1 unspecified atom stereocenters. The van der Waals surface area contributed by atoms with Gasteiger partial charge in [-0.1, -0.05) is 49.4 Å². The number of hydrogen-bond acceptors (Lipinski definition) is 3. The van der Waals surface area contributed by atoms with Crippen LogP contribution in [0.3, 0.4) is 0 Å². The van der Waals surface area contributed by atoms with Gasteiger partial charge in [0.2, 0.25) is 0 Å². The third kappa shape index (κ3) is 5.30. The van der Waals surface area contributed by atoms with Gasteiger partial charge in [0.05, 0.1) is 7.11 Å². The quantitative estimate of drug-likeness (QED) is 0.716. The fourth-order valence-electron chi connectivity index (χ4n) is 2.45. The Morgan fingerprint density at radius 3 is 2.38 bits per heavy atom. The van der Waals surface area contributed by atoms with Gasteiger partial charge in [0, 0.05) is 6.54 Å². The SMILES string of the molecule is CCC(Oc1ccccc1OC)C(=O)NCCCc1ccccc1. The summed E-state index contributed by atoms with van der Waals surface area (Å²) in [6.07, 6.45) is 1.94. The van der Waals surface area contributed by atoms with Gasteiger partial charge in [-0.15, -0.1) is 0 Å². The van der Waals surface area contributed by atoms with E-state index in [0.717, 1.165) is 12.8 Å². The zero-order chi connectivity index (χ0) is 17.2. The highest BCUT2D eigenvalue weighted by atomic mass is 16.5. The first-order valence-electron chi connectivity index (χ1n) is 8.36. The largest absolute Gasteiger partial charge is 0.493 e. The summed E-state index contributed by atoms with van der Waals surface area (Å²) in [5.74, 6) is 1.13. The van der Waals surface area contributed by atoms with Crippen LogP contribution in [0, 0.1) is 0 Å². The summed E-state index contributed by atoms with van der Waals surface area (Å²) in [5.41, 5.74) is 1.28. The number of rotatable bonds is 9. The van der Waals surface area contributed by atoms with Crippen molar-refractivity contribution in [1.29, 1.82) is 0 Å². The predicted molar refractivity (Wildman–Crippen MR) is 95.5 cm³/mol. The zero-order valence-corrected chi connectivity index (χ0v) is 14.3. The van der Waals surface area contributed by atoms with Crippen molar-refractivity contribution in [3.05, 3.63) is 60.2 Å². The van der Waals surface area contributed by atoms with Crippen molar-refractivity contribution in [2.75, 3.05) is 13.7 Å². The summed E-state index contributed by atoms with van der Waals surface area (Å²) in [7, 11) is 1.59. The molecule has 0 aliphatic rings. The maximum absolute atomic E-state index is 12.3. The van der Waals surface area contributed by atoms with E-state index in [1.165, 1.54) is 5.56 Å². The molecule has 0 fully saturated rings. The van der Waals surface area contributed by atoms with E-state index < -0.39 is 6.10 Å². The second-order valence-electron chi connectivity index (χ2n) is 5.55. The number of carbonyl (C=O) groups excluding carboxylic acids is 1. The smallest absolute Gasteiger partial charge is 0.261 e. The monoisotopic (exact) mass is 327 g/mol. The molecule has 1 amide bonds. The van der Waals surface area contributed by atoms with E-state index in [9.17, 15) is 4.79 Å². The maximum atomic E-state index is 12.3. The molecule has 2 aromatic rings. The van der Waals surface area contributed by atoms with E-state index in [1.807, 2.05) is 49.4 Å². The van der Waals surface area contributed by atoms with Crippen LogP contribution in [0.25, 0.3) is 0 Å². The molecule has 0 aliphatic carbocycles. The molecule has 1 atom stereocenters. The lowest BCUT2D eigenvalue weighted by molar-refractivity contribution is -0.128. The van der Waals surface area contributed by atoms with Crippen LogP contribution in [-0.2, 0) is 11.2 Å². The second kappa shape index (κ2) is 9.60. The van der Waals surface area contributed by atoms with Gasteiger partial charge in [0.1, 0.15) is 0 Å². The Kier molecular flexibility index (Phi) is 7.15. The first-order valence-corrected chi connectivity index (χ1v) is 8.36. The van der Waals surface area contributed by atoms with Crippen LogP contribution < -0.4 is 14.8 Å². The summed E-state index contributed by atoms with van der Waals surface area (Å²) < 4.78 is 11.1. The van der Waals surface area contributed by atoms with Gasteiger partial charge in [0.25, 0.3) is 5.91 Å². The molecule has 128 valence electrons. The maximum Gasteiger partial charge on any atom is 0.261 e. The summed E-state index contributed by atoms with van der Waals surface area (Å²) in [6, 6.07) is 17.6. The Morgan fingerprint density at radius 1 is 1.04 bits per heavy atom. The van der Waals surface area contributed by atoms with Crippen LogP contribution in [0.15, 0.2) is 54.6 Å². The minimum atomic E-state index is -0.516. The molecule has 0 aromatic heterocycles. The van der Waals surface area contributed by atoms with Gasteiger partial charge in [-0.2, -0.15) is 0 Å². The molecule has 2 rings (SSSR count). The molecule has 4 nitrogen and oxygen atoms in total. The van der Waals surface area contributed by atoms with Crippen molar-refractivity contribution < 1.29 is 14.3 Å². The van der Waals surface area contributed by atoms with Gasteiger partial charge >= 0.3 is 0 Å². The molecule has 4 heteroatoms. The Labute approximate surface area is 143 Å². The number of benzene rings is 2. The van der Waals surface area contributed by atoms with Gasteiger partial charge in [-0.05, 0) is 37.0 Å². The standard InChI is InChI=1S/C20H25NO3/c1-3-17(24-19-14-8-7-13-18(19)23-2)20(22)21-15-9-12-16-10-5-4-6-11-16/h4-8,10-11,13-14,17H,3,9,12,15H2,1-2H3,(H,21,22). The molecule has 1 N–H and O–H groups in total. The highest BCUT2D eigenvalue weighted by molar-refractivity contribution is 5.81. The topological polar surface area (TPSA) is 47.6 Å². The molecule has 2 aromatic carbocycles. The first kappa shape index (κ1) is 17.9. The fraction of sp³-hybridized carbons (Fsp3) is 0.350. The van der Waals surface area contributed by atoms with E-state index in [4.69, 9.17) is 9.47 Å². The van der Waals surface area contributed by atoms with E-state index in [0.29, 0.717) is 24.5 Å². The van der Waals surface area contributed by atoms with E-state index in [-0.39, 0.29) is 5.91 Å². The molecular formula is C20H25NO3. The van der Waals surface area contributed by atoms with Crippen LogP contribution in [0.2, 0.25) is 0 Å². The lowest BCUT2D eigenvalue weighted by atomic mass is 10.1. The molecule has 0 bridgehead atoms. The molecule has 0 saturated carbocycles. The van der Waals surface area contributed by atoms with Crippen LogP contribution in [-0.4, -0.2) is 25.7 Å². The van der Waals surface area contributed by atoms with E-state index in [1.54, 1.807) is 7.11 Å². The summed E-state index contributed by atoms with van der Waals surface area (Å²) in [5, 5.41) is 2.96. The zero-order valence-electron chi connectivity index (χ0n) is 14.3.